The molecule has 0 atom stereocenters. The fraction of sp³-hybridized carbons (Fsp3) is 0. The summed E-state index contributed by atoms with van der Waals surface area (Å²) in [6, 6.07) is 0. The zero-order valence-corrected chi connectivity index (χ0v) is 14.0. The van der Waals surface area contributed by atoms with Gasteiger partial charge in [0, 0.05) is 40.4 Å². The average molecular weight is 365 g/mol. The van der Waals surface area contributed by atoms with Crippen LogP contribution in [0.5, 0.6) is 0 Å². The van der Waals surface area contributed by atoms with Crippen LogP contribution in [-0.4, -0.2) is 20.4 Å². The minimum absolute atomic E-state index is 0. The number of aliphatic hydroxyl groups excluding tert-OH is 4. The van der Waals surface area contributed by atoms with Gasteiger partial charge in [-0.3, -0.25) is 0 Å². The van der Waals surface area contributed by atoms with Crippen molar-refractivity contribution >= 4 is 0 Å². The minimum Gasteiger partial charge on any atom is -0.812 e. The molecule has 0 fully saturated rings. The summed E-state index contributed by atoms with van der Waals surface area (Å²) < 4.78 is 0. The number of aliphatic hydroxyl groups is 4. The molecule has 0 rings (SSSR count). The van der Waals surface area contributed by atoms with Crippen molar-refractivity contribution in [2.75, 3.05) is 0 Å². The van der Waals surface area contributed by atoms with E-state index in [2.05, 4.69) is 0 Å². The normalized spacial score (nSPS) is 1.94. The zero-order valence-electron chi connectivity index (χ0n) is 8.64. The largest absolute Gasteiger partial charge is 1.00 e. The fourth-order valence-corrected chi connectivity index (χ4v) is 0. The van der Waals surface area contributed by atoms with Gasteiger partial charge in [0.05, 0.1) is 0 Å². The van der Waals surface area contributed by atoms with Gasteiger partial charge in [0.15, 0.2) is 0 Å². The summed E-state index contributed by atoms with van der Waals surface area (Å²) in [7, 11) is 0. The molecule has 13 heteroatoms. The molecule has 4 N–H and O–H groups in total. The number of hydrogen-bond donors (Lipinski definition) is 4. The second-order valence-corrected chi connectivity index (χ2v) is 0.491. The van der Waals surface area contributed by atoms with Gasteiger partial charge in [-0.25, -0.2) is 5.26 Å². The summed E-state index contributed by atoms with van der Waals surface area (Å²) in [5.74, 6) is 0. The summed E-state index contributed by atoms with van der Waals surface area (Å²) in [6.45, 7) is 0. The Bertz CT molecular complexity index is 215. The molecule has 0 amide bonds. The summed E-state index contributed by atoms with van der Waals surface area (Å²) in [4.78, 5) is 0. The Morgan fingerprint density at radius 2 is 0.611 bits per heavy atom. The van der Waals surface area contributed by atoms with E-state index in [1.54, 1.807) is 0 Å². The smallest absolute Gasteiger partial charge is 0.812 e. The van der Waals surface area contributed by atoms with Crippen LogP contribution in [0, 0.1) is 57.6 Å². The van der Waals surface area contributed by atoms with Gasteiger partial charge in [-0.15, -0.1) is 0 Å². The van der Waals surface area contributed by atoms with Crippen LogP contribution < -0.4 is 56.5 Å². The van der Waals surface area contributed by atoms with Crippen molar-refractivity contribution in [2.24, 2.45) is 0 Å². The molecule has 0 aliphatic rings. The minimum atomic E-state index is 0. The van der Waals surface area contributed by atoms with Crippen molar-refractivity contribution in [3.05, 3.63) is 0 Å². The number of nitrogens with zero attached hydrogens (tertiary/aromatic N) is 5. The van der Waals surface area contributed by atoms with Crippen molar-refractivity contribution in [2.45, 2.75) is 0 Å². The summed E-state index contributed by atoms with van der Waals surface area (Å²) in [5.41, 5.74) is 0. The fourth-order valence-electron chi connectivity index (χ4n) is 0. The van der Waals surface area contributed by atoms with Gasteiger partial charge in [0.2, 0.25) is 0 Å². The average Bonchev–Trinajstić information content (AvgIpc) is 2.09. The van der Waals surface area contributed by atoms with E-state index < -0.39 is 0 Å². The molecule has 10 nitrogen and oxygen atoms in total. The molecular formula is C5H4Fe2KN5O5. The zero-order chi connectivity index (χ0) is 13.5. The molecule has 0 aromatic rings. The summed E-state index contributed by atoms with van der Waals surface area (Å²) in [6.07, 6.45) is 3.50. The van der Waals surface area contributed by atoms with E-state index in [-0.39, 0.29) is 85.5 Å². The molecule has 0 aliphatic carbocycles. The monoisotopic (exact) mass is 365 g/mol. The molecule has 0 aromatic carbocycles. The molecule has 0 saturated carbocycles. The Hall–Kier alpha value is -0.875. The van der Waals surface area contributed by atoms with Gasteiger partial charge in [0.1, 0.15) is 0 Å². The molecule has 0 radical (unpaired) electrons. The van der Waals surface area contributed by atoms with E-state index in [9.17, 15) is 0 Å². The van der Waals surface area contributed by atoms with Gasteiger partial charge in [-0.05, 0) is 0 Å². The maximum atomic E-state index is 8.24. The number of nitriles is 5. The van der Waals surface area contributed by atoms with Gasteiger partial charge in [-0.1, -0.05) is 0 Å². The molecule has 18 heavy (non-hydrogen) atoms. The van der Waals surface area contributed by atoms with Gasteiger partial charge < -0.3 is 25.5 Å². The van der Waals surface area contributed by atoms with E-state index in [1.165, 1.54) is 0 Å². The van der Waals surface area contributed by atoms with Crippen molar-refractivity contribution in [3.63, 3.8) is 0 Å². The predicted octanol–water partition coefficient (Wildman–Crippen LogP) is -4.81. The third-order valence-electron chi connectivity index (χ3n) is 0. The van der Waals surface area contributed by atoms with Crippen molar-refractivity contribution < 1.29 is 111 Å². The van der Waals surface area contributed by atoms with Crippen molar-refractivity contribution in [1.82, 2.24) is 0 Å². The summed E-state index contributed by atoms with van der Waals surface area (Å²) >= 11 is 0. The molecule has 96 valence electrons. The second kappa shape index (κ2) is 217. The third-order valence-corrected chi connectivity index (χ3v) is 0. The van der Waals surface area contributed by atoms with Crippen LogP contribution in [0.1, 0.15) is 0 Å². The topological polar surface area (TPSA) is 223 Å². The Kier molecular flexibility index (Phi) is 644. The molecule has 0 heterocycles. The second-order valence-electron chi connectivity index (χ2n) is 0.491. The first-order valence-electron chi connectivity index (χ1n) is 2.22. The van der Waals surface area contributed by atoms with E-state index in [4.69, 9.17) is 51.8 Å². The predicted molar refractivity (Wildman–Crippen MR) is 35.8 cm³/mol. The Morgan fingerprint density at radius 3 is 0.611 bits per heavy atom. The number of rotatable bonds is 0. The molecule has 0 aromatic heterocycles. The third kappa shape index (κ3) is 3940. The van der Waals surface area contributed by atoms with Crippen LogP contribution in [0.3, 0.4) is 0 Å². The van der Waals surface area contributed by atoms with Crippen LogP contribution in [0.15, 0.2) is 0 Å². The SMILES string of the molecule is N#CO.N#CO.N#CO.N#CO.N#C[O-].[Fe].[Fe].[K+]. The van der Waals surface area contributed by atoms with Crippen LogP contribution in [-0.2, 0) is 34.1 Å². The quantitative estimate of drug-likeness (QED) is 0.237. The van der Waals surface area contributed by atoms with Crippen LogP contribution in [0.4, 0.5) is 0 Å². The molecule has 0 unspecified atom stereocenters. The van der Waals surface area contributed by atoms with Gasteiger partial charge >= 0.3 is 51.4 Å². The first-order chi connectivity index (χ1) is 7.07. The number of hydrogen-bond acceptors (Lipinski definition) is 10. The first kappa shape index (κ1) is 53.5. The van der Waals surface area contributed by atoms with Crippen LogP contribution >= 0.6 is 0 Å². The van der Waals surface area contributed by atoms with Crippen LogP contribution in [0.2, 0.25) is 0 Å². The molecule has 0 bridgehead atoms. The van der Waals surface area contributed by atoms with E-state index in [0.29, 0.717) is 6.26 Å². The Balaban J connectivity index is -0.0000000111. The van der Waals surface area contributed by atoms with Crippen molar-refractivity contribution in [1.29, 1.82) is 26.3 Å². The Labute approximate surface area is 166 Å². The Morgan fingerprint density at radius 1 is 0.611 bits per heavy atom. The molecular weight excluding hydrogens is 361 g/mol. The van der Waals surface area contributed by atoms with E-state index in [0.717, 1.165) is 25.0 Å². The maximum Gasteiger partial charge on any atom is 1.00 e. The van der Waals surface area contributed by atoms with Gasteiger partial charge in [0.25, 0.3) is 25.0 Å². The maximum absolute atomic E-state index is 8.24. The summed E-state index contributed by atoms with van der Waals surface area (Å²) in [5, 5.41) is 70.0. The first-order valence-corrected chi connectivity index (χ1v) is 2.22. The van der Waals surface area contributed by atoms with Crippen LogP contribution in [0.25, 0.3) is 0 Å². The van der Waals surface area contributed by atoms with E-state index >= 15 is 0 Å². The standard InChI is InChI=1S/5CHNO.2Fe.K/c5*2-1-3;;;/h5*3H;;;/q;;;;;;;+1/p-1. The van der Waals surface area contributed by atoms with Crippen molar-refractivity contribution in [3.8, 4) is 31.3 Å². The molecule has 0 aliphatic heterocycles. The van der Waals surface area contributed by atoms with E-state index in [1.807, 2.05) is 0 Å². The molecule has 0 saturated heterocycles. The molecule has 0 spiro atoms. The van der Waals surface area contributed by atoms with Gasteiger partial charge in [-0.2, -0.15) is 21.0 Å².